The maximum atomic E-state index is 9.88. The molecule has 0 radical (unpaired) electrons. The Balaban J connectivity index is 0.000000163. The number of aromatic hydroxyl groups is 1. The van der Waals surface area contributed by atoms with Crippen molar-refractivity contribution in [1.29, 1.82) is 0 Å². The van der Waals surface area contributed by atoms with Crippen LogP contribution in [0.1, 0.15) is 130 Å². The average Bonchev–Trinajstić information content (AvgIpc) is 3.10. The first-order valence-electron chi connectivity index (χ1n) is 20.7. The molecule has 2 aromatic rings. The molecular weight excluding hydrogens is 747 g/mol. The number of phenols is 1. The fourth-order valence-electron chi connectivity index (χ4n) is 12.4. The minimum absolute atomic E-state index is 0. The molecule has 0 aromatic heterocycles. The zero-order valence-electron chi connectivity index (χ0n) is 33.8. The molecule has 10 rings (SSSR count). The number of phenolic OH excluding ortho intramolecular Hbond substituents is 1. The molecule has 8 aliphatic carbocycles. The van der Waals surface area contributed by atoms with Crippen molar-refractivity contribution in [2.75, 3.05) is 14.2 Å². The SMILES string of the molecule is C.CC(C)[Si](Cl)(C(C)C)C(C)C.COC(=C1C2CC3CC(C2)CC1C3)c1cccc(C)c1Cl.COC(=C1C2CC3CC(C2)CC1C3)c1cccc(O)c1Cl. The van der Waals surface area contributed by atoms with Gasteiger partial charge in [-0.3, -0.25) is 0 Å². The molecule has 0 amide bonds. The van der Waals surface area contributed by atoms with Crippen LogP contribution in [0.4, 0.5) is 0 Å². The molecule has 8 fully saturated rings. The molecule has 0 heterocycles. The van der Waals surface area contributed by atoms with Crippen molar-refractivity contribution < 1.29 is 14.6 Å². The van der Waals surface area contributed by atoms with Gasteiger partial charge in [0.25, 0.3) is 0 Å². The number of hydrogen-bond acceptors (Lipinski definition) is 3. The van der Waals surface area contributed by atoms with Gasteiger partial charge in [-0.2, -0.15) is 11.1 Å². The van der Waals surface area contributed by atoms with E-state index in [1.165, 1.54) is 69.8 Å². The Bertz CT molecular complexity index is 1490. The Morgan fingerprint density at radius 2 is 0.926 bits per heavy atom. The van der Waals surface area contributed by atoms with E-state index in [-0.39, 0.29) is 13.2 Å². The molecule has 2 aromatic carbocycles. The third-order valence-electron chi connectivity index (χ3n) is 14.3. The highest BCUT2D eigenvalue weighted by Gasteiger charge is 2.48. The molecule has 0 saturated heterocycles. The molecule has 1 N–H and O–H groups in total. The van der Waals surface area contributed by atoms with Crippen molar-refractivity contribution in [2.24, 2.45) is 47.3 Å². The summed E-state index contributed by atoms with van der Waals surface area (Å²) in [6.07, 6.45) is 13.7. The molecule has 0 atom stereocenters. The monoisotopic (exact) mass is 814 g/mol. The largest absolute Gasteiger partial charge is 0.506 e. The second-order valence-corrected chi connectivity index (χ2v) is 26.3. The van der Waals surface area contributed by atoms with Gasteiger partial charge in [0.1, 0.15) is 17.3 Å². The molecule has 7 heteroatoms. The molecule has 0 aliphatic heterocycles. The van der Waals surface area contributed by atoms with E-state index in [9.17, 15) is 5.11 Å². The second kappa shape index (κ2) is 17.9. The lowest BCUT2D eigenvalue weighted by atomic mass is 9.54. The van der Waals surface area contributed by atoms with Crippen molar-refractivity contribution in [2.45, 2.75) is 137 Å². The van der Waals surface area contributed by atoms with Crippen LogP contribution in [-0.4, -0.2) is 26.7 Å². The summed E-state index contributed by atoms with van der Waals surface area (Å²) in [7, 11) is 2.03. The highest BCUT2D eigenvalue weighted by atomic mass is 35.6. The first-order chi connectivity index (χ1) is 25.2. The van der Waals surface area contributed by atoms with E-state index in [0.29, 0.717) is 33.5 Å². The maximum absolute atomic E-state index is 9.88. The Hall–Kier alpha value is -1.59. The van der Waals surface area contributed by atoms with Crippen LogP contribution in [0.5, 0.6) is 5.75 Å². The van der Waals surface area contributed by atoms with Gasteiger partial charge in [-0.15, -0.1) is 0 Å². The van der Waals surface area contributed by atoms with Gasteiger partial charge in [0, 0.05) is 11.1 Å². The van der Waals surface area contributed by atoms with Gasteiger partial charge >= 0.3 is 0 Å². The highest BCUT2D eigenvalue weighted by Crippen LogP contribution is 2.59. The third-order valence-corrected chi connectivity index (χ3v) is 24.4. The van der Waals surface area contributed by atoms with Gasteiger partial charge in [0.15, 0.2) is 7.38 Å². The molecule has 300 valence electrons. The molecule has 3 nitrogen and oxygen atoms in total. The van der Waals surface area contributed by atoms with Gasteiger partial charge in [-0.05, 0) is 170 Å². The predicted octanol–water partition coefficient (Wildman–Crippen LogP) is 15.4. The minimum Gasteiger partial charge on any atom is -0.506 e. The Morgan fingerprint density at radius 1 is 0.593 bits per heavy atom. The Kier molecular flexibility index (Phi) is 14.4. The number of allylic oxidation sites excluding steroid dienone is 2. The van der Waals surface area contributed by atoms with Crippen LogP contribution in [0, 0.1) is 54.3 Å². The van der Waals surface area contributed by atoms with E-state index < -0.39 is 7.38 Å². The highest BCUT2D eigenvalue weighted by molar-refractivity contribution is 7.22. The molecule has 8 bridgehead atoms. The summed E-state index contributed by atoms with van der Waals surface area (Å²) in [5.41, 5.74) is 8.18. The van der Waals surface area contributed by atoms with Crippen LogP contribution in [0.25, 0.3) is 11.5 Å². The van der Waals surface area contributed by atoms with Crippen molar-refractivity contribution in [3.05, 3.63) is 74.3 Å². The smallest absolute Gasteiger partial charge is 0.164 e. The van der Waals surface area contributed by atoms with Gasteiger partial charge in [0.05, 0.1) is 24.3 Å². The normalized spacial score (nSPS) is 28.7. The van der Waals surface area contributed by atoms with Crippen molar-refractivity contribution in [3.63, 3.8) is 0 Å². The van der Waals surface area contributed by atoms with E-state index >= 15 is 0 Å². The number of halogens is 3. The van der Waals surface area contributed by atoms with Crippen molar-refractivity contribution in [1.82, 2.24) is 0 Å². The summed E-state index contributed by atoms with van der Waals surface area (Å²) in [5.74, 6) is 8.74. The third kappa shape index (κ3) is 8.49. The number of benzene rings is 2. The Morgan fingerprint density at radius 3 is 1.24 bits per heavy atom. The number of methoxy groups -OCH3 is 2. The number of ether oxygens (including phenoxy) is 2. The fourth-order valence-corrected chi connectivity index (χ4v) is 16.8. The number of rotatable bonds is 7. The van der Waals surface area contributed by atoms with Gasteiger partial charge in [0.2, 0.25) is 0 Å². The van der Waals surface area contributed by atoms with Crippen LogP contribution < -0.4 is 0 Å². The summed E-state index contributed by atoms with van der Waals surface area (Å²) in [5, 5.41) is 11.2. The van der Waals surface area contributed by atoms with E-state index in [1.54, 1.807) is 18.7 Å². The van der Waals surface area contributed by atoms with E-state index in [4.69, 9.17) is 43.8 Å². The zero-order chi connectivity index (χ0) is 38.4. The molecular formula is C47H69Cl3O3Si. The predicted molar refractivity (Wildman–Crippen MR) is 235 cm³/mol. The summed E-state index contributed by atoms with van der Waals surface area (Å²) in [6.45, 7) is 15.6. The molecule has 0 unspecified atom stereocenters. The summed E-state index contributed by atoms with van der Waals surface area (Å²) >= 11 is 19.6. The van der Waals surface area contributed by atoms with Crippen LogP contribution in [0.3, 0.4) is 0 Å². The average molecular weight is 817 g/mol. The van der Waals surface area contributed by atoms with Crippen molar-refractivity contribution in [3.8, 4) is 5.75 Å². The maximum Gasteiger partial charge on any atom is 0.164 e. The zero-order valence-corrected chi connectivity index (χ0v) is 37.1. The lowest BCUT2D eigenvalue weighted by molar-refractivity contribution is 0.0674. The topological polar surface area (TPSA) is 38.7 Å². The molecule has 0 spiro atoms. The Labute approximate surface area is 344 Å². The first kappa shape index (κ1) is 43.5. The van der Waals surface area contributed by atoms with Gasteiger partial charge in [-0.1, -0.05) is 90.4 Å². The van der Waals surface area contributed by atoms with E-state index in [0.717, 1.165) is 68.7 Å². The van der Waals surface area contributed by atoms with E-state index in [2.05, 4.69) is 66.7 Å². The lowest BCUT2D eigenvalue weighted by Crippen LogP contribution is -2.40. The van der Waals surface area contributed by atoms with Gasteiger partial charge < -0.3 is 14.6 Å². The summed E-state index contributed by atoms with van der Waals surface area (Å²) in [6, 6.07) is 11.7. The molecule has 54 heavy (non-hydrogen) atoms. The van der Waals surface area contributed by atoms with Crippen LogP contribution in [0.15, 0.2) is 47.5 Å². The first-order valence-corrected chi connectivity index (χ1v) is 24.7. The minimum atomic E-state index is -1.51. The quantitative estimate of drug-likeness (QED) is 0.172. The van der Waals surface area contributed by atoms with Crippen LogP contribution in [0.2, 0.25) is 26.7 Å². The second-order valence-electron chi connectivity index (χ2n) is 18.5. The number of hydrogen-bond donors (Lipinski definition) is 1. The summed E-state index contributed by atoms with van der Waals surface area (Å²) < 4.78 is 11.7. The van der Waals surface area contributed by atoms with Crippen LogP contribution >= 0.6 is 34.3 Å². The number of aryl methyl sites for hydroxylation is 1. The molecule has 8 aliphatic rings. The molecule has 8 saturated carbocycles. The lowest BCUT2D eigenvalue weighted by Gasteiger charge is -2.51. The summed E-state index contributed by atoms with van der Waals surface area (Å²) in [4.78, 5) is 0. The van der Waals surface area contributed by atoms with Crippen LogP contribution in [-0.2, 0) is 9.47 Å². The van der Waals surface area contributed by atoms with E-state index in [1.807, 2.05) is 19.2 Å². The van der Waals surface area contributed by atoms with Crippen molar-refractivity contribution >= 4 is 53.2 Å². The van der Waals surface area contributed by atoms with Gasteiger partial charge in [-0.25, -0.2) is 0 Å². The standard InChI is InChI=1S/C19H23ClO.C18H21ClO2.C9H21ClSi.CH4/c1-11-4-3-5-16(18(11)20)19(21-2)17-14-7-12-6-13(9-14)10-15(17)8-12;1-21-18(14-3-2-4-15(20)17(14)19)16-12-6-10-5-11(8-12)9-13(16)7-10;1-7(2)11(10,8(3)4)9(5)6;/h3-5,12-15H,6-10H2,1-2H3;2-4,10-13,20H,5-9H2,1H3;7-9H,1-6H3;1H4. The fraction of sp³-hybridized carbons (Fsp3) is 0.660.